The summed E-state index contributed by atoms with van der Waals surface area (Å²) in [6, 6.07) is 15.4. The highest BCUT2D eigenvalue weighted by Crippen LogP contribution is 2.22. The number of rotatable bonds is 4. The zero-order valence-electron chi connectivity index (χ0n) is 12.2. The fourth-order valence-electron chi connectivity index (χ4n) is 2.09. The highest BCUT2D eigenvalue weighted by Gasteiger charge is 2.19. The first-order valence-electron chi connectivity index (χ1n) is 6.89. The Balaban J connectivity index is 2.25. The Labute approximate surface area is 133 Å². The van der Waals surface area contributed by atoms with Crippen molar-refractivity contribution in [1.29, 1.82) is 0 Å². The average molecular weight is 347 g/mol. The van der Waals surface area contributed by atoms with Crippen LogP contribution in [-0.2, 0) is 6.54 Å². The quantitative estimate of drug-likeness (QED) is 0.847. The maximum absolute atomic E-state index is 12.7. The Morgan fingerprint density at radius 1 is 1.19 bits per heavy atom. The van der Waals surface area contributed by atoms with Gasteiger partial charge in [-0.05, 0) is 53.5 Å². The van der Waals surface area contributed by atoms with Gasteiger partial charge in [0.25, 0.3) is 5.91 Å². The molecule has 0 saturated heterocycles. The average Bonchev–Trinajstić information content (AvgIpc) is 2.47. The van der Waals surface area contributed by atoms with E-state index in [2.05, 4.69) is 15.9 Å². The monoisotopic (exact) mass is 346 g/mol. The minimum atomic E-state index is 0.00885. The SMILES string of the molecule is CC(C)N(Cc1ccccc1)C(=O)c1ccc(N)c(Br)c1. The molecule has 0 radical (unpaired) electrons. The first-order chi connectivity index (χ1) is 9.99. The van der Waals surface area contributed by atoms with E-state index >= 15 is 0 Å². The van der Waals surface area contributed by atoms with Crippen LogP contribution >= 0.6 is 15.9 Å². The van der Waals surface area contributed by atoms with Crippen molar-refractivity contribution in [2.24, 2.45) is 0 Å². The molecule has 0 aliphatic carbocycles. The number of carbonyl (C=O) groups is 1. The molecule has 0 heterocycles. The zero-order chi connectivity index (χ0) is 15.4. The summed E-state index contributed by atoms with van der Waals surface area (Å²) in [6.45, 7) is 4.64. The molecule has 21 heavy (non-hydrogen) atoms. The molecule has 4 heteroatoms. The highest BCUT2D eigenvalue weighted by atomic mass is 79.9. The maximum Gasteiger partial charge on any atom is 0.254 e. The lowest BCUT2D eigenvalue weighted by molar-refractivity contribution is 0.0690. The van der Waals surface area contributed by atoms with Crippen LogP contribution in [0.5, 0.6) is 0 Å². The number of hydrogen-bond acceptors (Lipinski definition) is 2. The van der Waals surface area contributed by atoms with E-state index in [1.54, 1.807) is 18.2 Å². The number of nitrogens with zero attached hydrogens (tertiary/aromatic N) is 1. The van der Waals surface area contributed by atoms with Crippen molar-refractivity contribution in [3.8, 4) is 0 Å². The van der Waals surface area contributed by atoms with Crippen LogP contribution in [0.3, 0.4) is 0 Å². The van der Waals surface area contributed by atoms with Crippen LogP contribution in [-0.4, -0.2) is 16.8 Å². The van der Waals surface area contributed by atoms with E-state index in [1.807, 2.05) is 49.1 Å². The van der Waals surface area contributed by atoms with Crippen LogP contribution in [0.4, 0.5) is 5.69 Å². The molecule has 0 saturated carbocycles. The van der Waals surface area contributed by atoms with Crippen molar-refractivity contribution < 1.29 is 4.79 Å². The van der Waals surface area contributed by atoms with Crippen LogP contribution in [0.2, 0.25) is 0 Å². The van der Waals surface area contributed by atoms with Gasteiger partial charge in [-0.1, -0.05) is 30.3 Å². The van der Waals surface area contributed by atoms with E-state index in [0.29, 0.717) is 17.8 Å². The molecule has 110 valence electrons. The van der Waals surface area contributed by atoms with E-state index in [9.17, 15) is 4.79 Å². The van der Waals surface area contributed by atoms with Crippen molar-refractivity contribution in [1.82, 2.24) is 4.90 Å². The minimum Gasteiger partial charge on any atom is -0.398 e. The van der Waals surface area contributed by atoms with E-state index < -0.39 is 0 Å². The molecule has 3 nitrogen and oxygen atoms in total. The first-order valence-corrected chi connectivity index (χ1v) is 7.68. The van der Waals surface area contributed by atoms with Crippen molar-refractivity contribution in [2.45, 2.75) is 26.4 Å². The molecule has 0 atom stereocenters. The number of anilines is 1. The fraction of sp³-hybridized carbons (Fsp3) is 0.235. The van der Waals surface area contributed by atoms with Crippen LogP contribution in [0.15, 0.2) is 53.0 Å². The molecule has 0 fully saturated rings. The molecule has 2 N–H and O–H groups in total. The van der Waals surface area contributed by atoms with E-state index in [4.69, 9.17) is 5.73 Å². The predicted molar refractivity (Wildman–Crippen MR) is 90.0 cm³/mol. The van der Waals surface area contributed by atoms with E-state index in [1.165, 1.54) is 0 Å². The standard InChI is InChI=1S/C17H19BrN2O/c1-12(2)20(11-13-6-4-3-5-7-13)17(21)14-8-9-16(19)15(18)10-14/h3-10,12H,11,19H2,1-2H3. The highest BCUT2D eigenvalue weighted by molar-refractivity contribution is 9.10. The Bertz CT molecular complexity index is 626. The second kappa shape index (κ2) is 6.76. The molecule has 1 amide bonds. The van der Waals surface area contributed by atoms with Gasteiger partial charge < -0.3 is 10.6 Å². The summed E-state index contributed by atoms with van der Waals surface area (Å²) in [6.07, 6.45) is 0. The lowest BCUT2D eigenvalue weighted by atomic mass is 10.1. The minimum absolute atomic E-state index is 0.00885. The summed E-state index contributed by atoms with van der Waals surface area (Å²) in [4.78, 5) is 14.6. The summed E-state index contributed by atoms with van der Waals surface area (Å²) >= 11 is 3.37. The number of nitrogen functional groups attached to an aromatic ring is 1. The molecule has 0 spiro atoms. The van der Waals surface area contributed by atoms with Crippen LogP contribution in [0.25, 0.3) is 0 Å². The normalized spacial score (nSPS) is 10.7. The van der Waals surface area contributed by atoms with Crippen molar-refractivity contribution in [2.75, 3.05) is 5.73 Å². The Morgan fingerprint density at radius 3 is 2.43 bits per heavy atom. The molecule has 0 aliphatic heterocycles. The number of carbonyl (C=O) groups excluding carboxylic acids is 1. The molecule has 0 aromatic heterocycles. The largest absolute Gasteiger partial charge is 0.398 e. The Morgan fingerprint density at radius 2 is 1.86 bits per heavy atom. The lowest BCUT2D eigenvalue weighted by Gasteiger charge is -2.27. The smallest absolute Gasteiger partial charge is 0.254 e. The lowest BCUT2D eigenvalue weighted by Crippen LogP contribution is -2.36. The van der Waals surface area contributed by atoms with Crippen molar-refractivity contribution in [3.63, 3.8) is 0 Å². The molecule has 0 aliphatic rings. The van der Waals surface area contributed by atoms with Gasteiger partial charge in [0, 0.05) is 28.3 Å². The van der Waals surface area contributed by atoms with Gasteiger partial charge in [-0.25, -0.2) is 0 Å². The summed E-state index contributed by atoms with van der Waals surface area (Å²) in [5, 5.41) is 0. The van der Waals surface area contributed by atoms with E-state index in [-0.39, 0.29) is 11.9 Å². The molecule has 0 unspecified atom stereocenters. The van der Waals surface area contributed by atoms with Gasteiger partial charge in [0.05, 0.1) is 0 Å². The number of hydrogen-bond donors (Lipinski definition) is 1. The van der Waals surface area contributed by atoms with Crippen LogP contribution < -0.4 is 5.73 Å². The zero-order valence-corrected chi connectivity index (χ0v) is 13.8. The maximum atomic E-state index is 12.7. The summed E-state index contributed by atoms with van der Waals surface area (Å²) < 4.78 is 0.747. The number of amides is 1. The molecule has 2 aromatic carbocycles. The second-order valence-corrected chi connectivity index (χ2v) is 6.10. The van der Waals surface area contributed by atoms with Crippen LogP contribution in [0, 0.1) is 0 Å². The number of benzene rings is 2. The molecular weight excluding hydrogens is 328 g/mol. The third kappa shape index (κ3) is 3.85. The second-order valence-electron chi connectivity index (χ2n) is 5.25. The van der Waals surface area contributed by atoms with Crippen LogP contribution in [0.1, 0.15) is 29.8 Å². The third-order valence-corrected chi connectivity index (χ3v) is 4.01. The fourth-order valence-corrected chi connectivity index (χ4v) is 2.47. The van der Waals surface area contributed by atoms with E-state index in [0.717, 1.165) is 10.0 Å². The summed E-state index contributed by atoms with van der Waals surface area (Å²) in [7, 11) is 0. The molecule has 2 rings (SSSR count). The van der Waals surface area contributed by atoms with Gasteiger partial charge in [-0.3, -0.25) is 4.79 Å². The van der Waals surface area contributed by atoms with Crippen molar-refractivity contribution >= 4 is 27.5 Å². The first kappa shape index (κ1) is 15.6. The predicted octanol–water partition coefficient (Wildman–Crippen LogP) is 4.08. The molecule has 0 bridgehead atoms. The number of halogens is 1. The van der Waals surface area contributed by atoms with Crippen molar-refractivity contribution in [3.05, 3.63) is 64.1 Å². The Hall–Kier alpha value is -1.81. The molecular formula is C17H19BrN2O. The topological polar surface area (TPSA) is 46.3 Å². The summed E-state index contributed by atoms with van der Waals surface area (Å²) in [5.74, 6) is 0.00885. The van der Waals surface area contributed by atoms with Gasteiger partial charge >= 0.3 is 0 Å². The summed E-state index contributed by atoms with van der Waals surface area (Å²) in [5.41, 5.74) is 8.17. The van der Waals surface area contributed by atoms with Gasteiger partial charge in [0.1, 0.15) is 0 Å². The number of nitrogens with two attached hydrogens (primary N) is 1. The third-order valence-electron chi connectivity index (χ3n) is 3.33. The Kier molecular flexibility index (Phi) is 5.02. The van der Waals surface area contributed by atoms with Gasteiger partial charge in [-0.15, -0.1) is 0 Å². The van der Waals surface area contributed by atoms with Gasteiger partial charge in [-0.2, -0.15) is 0 Å². The molecule has 2 aromatic rings. The van der Waals surface area contributed by atoms with Gasteiger partial charge in [0.2, 0.25) is 0 Å². The van der Waals surface area contributed by atoms with Gasteiger partial charge in [0.15, 0.2) is 0 Å².